The lowest BCUT2D eigenvalue weighted by atomic mass is 10.0. The van der Waals surface area contributed by atoms with E-state index in [9.17, 15) is 5.11 Å². The molecule has 6 heteroatoms. The Bertz CT molecular complexity index is 159. The highest BCUT2D eigenvalue weighted by atomic mass is 32.2. The van der Waals surface area contributed by atoms with Crippen molar-refractivity contribution in [1.29, 1.82) is 0 Å². The van der Waals surface area contributed by atoms with E-state index in [0.717, 1.165) is 24.9 Å². The fourth-order valence-electron chi connectivity index (χ4n) is 1.43. The van der Waals surface area contributed by atoms with E-state index >= 15 is 0 Å². The van der Waals surface area contributed by atoms with Crippen LogP contribution in [0, 0.1) is 5.92 Å². The Morgan fingerprint density at radius 2 is 2.00 bits per heavy atom. The summed E-state index contributed by atoms with van der Waals surface area (Å²) in [6.07, 6.45) is 4.28. The molecule has 0 aromatic heterocycles. The molecule has 0 heterocycles. The van der Waals surface area contributed by atoms with Crippen LogP contribution in [0.1, 0.15) is 46.0 Å². The predicted octanol–water partition coefficient (Wildman–Crippen LogP) is 3.00. The van der Waals surface area contributed by atoms with Crippen molar-refractivity contribution < 1.29 is 24.5 Å². The zero-order chi connectivity index (χ0) is 12.9. The molecule has 5 nitrogen and oxygen atoms in total. The molecule has 17 heavy (non-hydrogen) atoms. The molecule has 0 amide bonds. The zero-order valence-electron chi connectivity index (χ0n) is 10.6. The Balaban J connectivity index is 3.48. The number of ether oxygens (including phenoxy) is 1. The Hall–Kier alpha value is 0.150. The number of hydrogen-bond acceptors (Lipinski definition) is 6. The highest BCUT2D eigenvalue weighted by Crippen LogP contribution is 2.14. The maximum Gasteiger partial charge on any atom is 0.155 e. The maximum atomic E-state index is 9.52. The SMILES string of the molecule is CCCCC(CC)COC(O)CCSOOO. The highest BCUT2D eigenvalue weighted by Gasteiger charge is 2.10. The molecule has 0 saturated heterocycles. The van der Waals surface area contributed by atoms with Crippen molar-refractivity contribution in [2.24, 2.45) is 5.92 Å². The normalized spacial score (nSPS) is 14.8. The molecule has 0 aromatic rings. The van der Waals surface area contributed by atoms with Gasteiger partial charge in [-0.2, -0.15) is 0 Å². The molecule has 0 aromatic carbocycles. The van der Waals surface area contributed by atoms with Crippen molar-refractivity contribution in [1.82, 2.24) is 0 Å². The van der Waals surface area contributed by atoms with E-state index in [2.05, 4.69) is 23.2 Å². The van der Waals surface area contributed by atoms with E-state index in [1.165, 1.54) is 12.8 Å². The Labute approximate surface area is 108 Å². The van der Waals surface area contributed by atoms with Crippen LogP contribution in [0.3, 0.4) is 0 Å². The third-order valence-corrected chi connectivity index (χ3v) is 3.15. The molecule has 0 aliphatic rings. The van der Waals surface area contributed by atoms with Crippen molar-refractivity contribution in [2.75, 3.05) is 12.4 Å². The van der Waals surface area contributed by atoms with Gasteiger partial charge in [-0.3, -0.25) is 0 Å². The average molecular weight is 268 g/mol. The van der Waals surface area contributed by atoms with Gasteiger partial charge in [0.15, 0.2) is 6.29 Å². The van der Waals surface area contributed by atoms with Crippen LogP contribution in [0.15, 0.2) is 0 Å². The number of rotatable bonds is 12. The molecule has 0 fully saturated rings. The molecule has 0 bridgehead atoms. The first kappa shape index (κ1) is 17.2. The largest absolute Gasteiger partial charge is 0.368 e. The fraction of sp³-hybridized carbons (Fsp3) is 1.00. The van der Waals surface area contributed by atoms with Crippen LogP contribution in [0.4, 0.5) is 0 Å². The molecule has 0 rings (SSSR count). The molecule has 0 saturated carbocycles. The van der Waals surface area contributed by atoms with Gasteiger partial charge in [0.1, 0.15) is 0 Å². The van der Waals surface area contributed by atoms with Crippen molar-refractivity contribution in [3.05, 3.63) is 0 Å². The van der Waals surface area contributed by atoms with E-state index in [-0.39, 0.29) is 0 Å². The van der Waals surface area contributed by atoms with E-state index in [0.29, 0.717) is 24.7 Å². The maximum absolute atomic E-state index is 9.52. The average Bonchev–Trinajstić information content (AvgIpc) is 2.35. The zero-order valence-corrected chi connectivity index (χ0v) is 11.4. The molecule has 0 spiro atoms. The lowest BCUT2D eigenvalue weighted by Gasteiger charge is -2.17. The summed E-state index contributed by atoms with van der Waals surface area (Å²) in [5.41, 5.74) is 0. The molecular formula is C11H24O5S. The third-order valence-electron chi connectivity index (χ3n) is 2.59. The van der Waals surface area contributed by atoms with Crippen molar-refractivity contribution in [3.8, 4) is 0 Å². The minimum absolute atomic E-state index is 0.443. The summed E-state index contributed by atoms with van der Waals surface area (Å²) in [6, 6.07) is 0. The number of unbranched alkanes of at least 4 members (excludes halogenated alkanes) is 1. The summed E-state index contributed by atoms with van der Waals surface area (Å²) < 4.78 is 9.54. The number of hydrogen-bond donors (Lipinski definition) is 2. The summed E-state index contributed by atoms with van der Waals surface area (Å²) in [5, 5.41) is 20.8. The first-order chi connectivity index (χ1) is 8.24. The summed E-state index contributed by atoms with van der Waals surface area (Å²) in [4.78, 5) is 0. The van der Waals surface area contributed by atoms with Crippen LogP contribution < -0.4 is 0 Å². The van der Waals surface area contributed by atoms with Gasteiger partial charge in [-0.05, 0) is 12.3 Å². The molecule has 2 atom stereocenters. The van der Waals surface area contributed by atoms with Crippen LogP contribution in [0.2, 0.25) is 0 Å². The van der Waals surface area contributed by atoms with Gasteiger partial charge < -0.3 is 9.84 Å². The quantitative estimate of drug-likeness (QED) is 0.186. The van der Waals surface area contributed by atoms with Gasteiger partial charge in [0.25, 0.3) is 0 Å². The summed E-state index contributed by atoms with van der Waals surface area (Å²) >= 11 is 0.923. The van der Waals surface area contributed by atoms with Gasteiger partial charge in [0.2, 0.25) is 0 Å². The minimum atomic E-state index is -0.777. The summed E-state index contributed by atoms with van der Waals surface area (Å²) in [7, 11) is 0. The topological polar surface area (TPSA) is 68.2 Å². The Morgan fingerprint density at radius 1 is 1.24 bits per heavy atom. The lowest BCUT2D eigenvalue weighted by molar-refractivity contribution is -0.432. The standard InChI is InChI=1S/C11H24O5S/c1-3-5-6-10(4-2)9-14-11(12)7-8-17-16-15-13/h10-13H,3-9H2,1-2H3. The second-order valence-electron chi connectivity index (χ2n) is 3.96. The van der Waals surface area contributed by atoms with Crippen molar-refractivity contribution in [2.45, 2.75) is 52.2 Å². The van der Waals surface area contributed by atoms with Gasteiger partial charge in [-0.1, -0.05) is 38.1 Å². The second kappa shape index (κ2) is 12.6. The van der Waals surface area contributed by atoms with Gasteiger partial charge >= 0.3 is 0 Å². The molecular weight excluding hydrogens is 244 g/mol. The predicted molar refractivity (Wildman–Crippen MR) is 67.1 cm³/mol. The fourth-order valence-corrected chi connectivity index (χ4v) is 1.84. The van der Waals surface area contributed by atoms with Crippen LogP contribution in [0.25, 0.3) is 0 Å². The van der Waals surface area contributed by atoms with Crippen molar-refractivity contribution in [3.63, 3.8) is 0 Å². The van der Waals surface area contributed by atoms with Crippen LogP contribution in [-0.4, -0.2) is 29.0 Å². The van der Waals surface area contributed by atoms with E-state index < -0.39 is 6.29 Å². The molecule has 0 aliphatic heterocycles. The molecule has 2 unspecified atom stereocenters. The van der Waals surface area contributed by atoms with Gasteiger partial charge in [-0.25, -0.2) is 5.26 Å². The van der Waals surface area contributed by atoms with E-state index in [1.54, 1.807) is 0 Å². The van der Waals surface area contributed by atoms with Crippen LogP contribution in [-0.2, 0) is 14.1 Å². The summed E-state index contributed by atoms with van der Waals surface area (Å²) in [5.74, 6) is 1.02. The van der Waals surface area contributed by atoms with Gasteiger partial charge in [0.05, 0.1) is 6.61 Å². The molecule has 2 N–H and O–H groups in total. The first-order valence-electron chi connectivity index (χ1n) is 6.13. The Kier molecular flexibility index (Phi) is 12.7. The second-order valence-corrected chi connectivity index (χ2v) is 4.74. The van der Waals surface area contributed by atoms with E-state index in [1.807, 2.05) is 0 Å². The van der Waals surface area contributed by atoms with Crippen molar-refractivity contribution >= 4 is 12.0 Å². The number of aliphatic hydroxyl groups excluding tert-OH is 1. The minimum Gasteiger partial charge on any atom is -0.368 e. The third kappa shape index (κ3) is 11.0. The molecule has 104 valence electrons. The van der Waals surface area contributed by atoms with Gasteiger partial charge in [0, 0.05) is 24.2 Å². The van der Waals surface area contributed by atoms with Crippen LogP contribution >= 0.6 is 12.0 Å². The summed E-state index contributed by atoms with van der Waals surface area (Å²) in [6.45, 7) is 4.90. The lowest BCUT2D eigenvalue weighted by Crippen LogP contribution is -2.18. The highest BCUT2D eigenvalue weighted by molar-refractivity contribution is 7.94. The Morgan fingerprint density at radius 3 is 2.59 bits per heavy atom. The first-order valence-corrected chi connectivity index (χ1v) is 7.05. The van der Waals surface area contributed by atoms with E-state index in [4.69, 9.17) is 9.99 Å². The number of aliphatic hydroxyl groups is 1. The molecule has 0 aliphatic carbocycles. The smallest absolute Gasteiger partial charge is 0.155 e. The van der Waals surface area contributed by atoms with Gasteiger partial charge in [-0.15, -0.1) is 4.33 Å². The monoisotopic (exact) mass is 268 g/mol. The molecule has 0 radical (unpaired) electrons. The van der Waals surface area contributed by atoms with Crippen LogP contribution in [0.5, 0.6) is 0 Å².